The van der Waals surface area contributed by atoms with E-state index in [0.29, 0.717) is 22.4 Å². The first-order chi connectivity index (χ1) is 17.0. The molecular weight excluding hydrogens is 464 g/mol. The first-order valence-corrected chi connectivity index (χ1v) is 12.5. The van der Waals surface area contributed by atoms with Crippen LogP contribution < -0.4 is 9.47 Å². The zero-order chi connectivity index (χ0) is 24.4. The Bertz CT molecular complexity index is 1170. The predicted octanol–water partition coefficient (Wildman–Crippen LogP) is 4.40. The molecule has 0 N–H and O–H groups in total. The number of aromatic nitrogens is 2. The van der Waals surface area contributed by atoms with E-state index in [1.54, 1.807) is 10.7 Å². The van der Waals surface area contributed by atoms with E-state index < -0.39 is 0 Å². The van der Waals surface area contributed by atoms with E-state index in [0.717, 1.165) is 50.2 Å². The second-order valence-corrected chi connectivity index (χ2v) is 9.87. The van der Waals surface area contributed by atoms with Crippen LogP contribution in [-0.2, 0) is 20.0 Å². The summed E-state index contributed by atoms with van der Waals surface area (Å²) in [4.78, 5) is 17.6. The molecule has 0 bridgehead atoms. The zero-order valence-corrected chi connectivity index (χ0v) is 20.9. The molecule has 3 aromatic rings. The number of fused-ring (bicyclic) bond motifs is 1. The molecule has 2 aromatic carbocycles. The van der Waals surface area contributed by atoms with E-state index in [1.165, 1.54) is 5.56 Å². The number of likely N-dealkylation sites (tertiary alicyclic amines) is 1. The number of carbonyl (C=O) groups is 1. The van der Waals surface area contributed by atoms with E-state index in [-0.39, 0.29) is 18.7 Å². The van der Waals surface area contributed by atoms with Crippen LogP contribution in [0.1, 0.15) is 34.5 Å². The van der Waals surface area contributed by atoms with Gasteiger partial charge in [0.25, 0.3) is 5.91 Å². The first-order valence-electron chi connectivity index (χ1n) is 12.1. The molecule has 1 saturated heterocycles. The van der Waals surface area contributed by atoms with E-state index >= 15 is 0 Å². The van der Waals surface area contributed by atoms with Gasteiger partial charge in [-0.15, -0.1) is 0 Å². The Morgan fingerprint density at radius 2 is 1.86 bits per heavy atom. The Morgan fingerprint density at radius 1 is 1.14 bits per heavy atom. The summed E-state index contributed by atoms with van der Waals surface area (Å²) in [6.07, 6.45) is 4.67. The molecule has 0 radical (unpaired) electrons. The summed E-state index contributed by atoms with van der Waals surface area (Å²) < 4.78 is 12.6. The van der Waals surface area contributed by atoms with Crippen molar-refractivity contribution in [1.29, 1.82) is 0 Å². The topological polar surface area (TPSA) is 59.8 Å². The number of amides is 1. The third-order valence-electron chi connectivity index (χ3n) is 7.15. The molecule has 2 aliphatic heterocycles. The van der Waals surface area contributed by atoms with E-state index in [1.807, 2.05) is 43.4 Å². The van der Waals surface area contributed by atoms with Gasteiger partial charge >= 0.3 is 0 Å². The maximum Gasteiger partial charge on any atom is 0.274 e. The SMILES string of the molecule is CN(C(=O)c1ccn(C)n1)[C@@H](Cc1ccccc1)C1CCN(Cc2cc3c(cc2Cl)OCO3)CC1. The zero-order valence-electron chi connectivity index (χ0n) is 20.2. The summed E-state index contributed by atoms with van der Waals surface area (Å²) in [7, 11) is 3.75. The van der Waals surface area contributed by atoms with Crippen molar-refractivity contribution >= 4 is 17.5 Å². The van der Waals surface area contributed by atoms with Crippen molar-refractivity contribution in [2.45, 2.75) is 31.8 Å². The Labute approximate surface area is 211 Å². The molecule has 0 spiro atoms. The number of rotatable bonds is 7. The highest BCUT2D eigenvalue weighted by Crippen LogP contribution is 2.37. The van der Waals surface area contributed by atoms with Crippen molar-refractivity contribution in [3.8, 4) is 11.5 Å². The van der Waals surface area contributed by atoms with Gasteiger partial charge in [0.15, 0.2) is 11.5 Å². The lowest BCUT2D eigenvalue weighted by Crippen LogP contribution is -2.47. The fourth-order valence-corrected chi connectivity index (χ4v) is 5.37. The number of aryl methyl sites for hydroxylation is 1. The van der Waals surface area contributed by atoms with Crippen molar-refractivity contribution in [1.82, 2.24) is 19.6 Å². The maximum absolute atomic E-state index is 13.3. The van der Waals surface area contributed by atoms with Crippen LogP contribution >= 0.6 is 11.6 Å². The summed E-state index contributed by atoms with van der Waals surface area (Å²) >= 11 is 6.52. The van der Waals surface area contributed by atoms with Gasteiger partial charge in [-0.3, -0.25) is 14.4 Å². The Balaban J connectivity index is 1.28. The normalized spacial score (nSPS) is 16.9. The second kappa shape index (κ2) is 10.3. The van der Waals surface area contributed by atoms with Crippen molar-refractivity contribution in [3.63, 3.8) is 0 Å². The molecule has 0 saturated carbocycles. The van der Waals surface area contributed by atoms with Gasteiger partial charge in [-0.25, -0.2) is 0 Å². The van der Waals surface area contributed by atoms with Crippen LogP contribution in [0.2, 0.25) is 5.02 Å². The first kappa shape index (κ1) is 23.7. The van der Waals surface area contributed by atoms with Crippen LogP contribution in [-0.4, -0.2) is 58.5 Å². The number of piperidine rings is 1. The Morgan fingerprint density at radius 3 is 2.54 bits per heavy atom. The van der Waals surface area contributed by atoms with Crippen LogP contribution in [0.4, 0.5) is 0 Å². The van der Waals surface area contributed by atoms with Gasteiger partial charge in [0.2, 0.25) is 6.79 Å². The molecule has 1 atom stereocenters. The van der Waals surface area contributed by atoms with Gasteiger partial charge in [-0.2, -0.15) is 5.10 Å². The number of ether oxygens (including phenoxy) is 2. The smallest absolute Gasteiger partial charge is 0.274 e. The fraction of sp³-hybridized carbons (Fsp3) is 0.407. The molecule has 35 heavy (non-hydrogen) atoms. The van der Waals surface area contributed by atoms with Crippen molar-refractivity contribution in [2.24, 2.45) is 13.0 Å². The van der Waals surface area contributed by atoms with Gasteiger partial charge in [0, 0.05) is 44.0 Å². The largest absolute Gasteiger partial charge is 0.454 e. The quantitative estimate of drug-likeness (QED) is 0.487. The molecule has 1 aromatic heterocycles. The van der Waals surface area contributed by atoms with Gasteiger partial charge in [-0.1, -0.05) is 41.9 Å². The Hall–Kier alpha value is -3.03. The lowest BCUT2D eigenvalue weighted by Gasteiger charge is -2.40. The minimum absolute atomic E-state index is 0.0268. The van der Waals surface area contributed by atoms with Gasteiger partial charge in [0.05, 0.1) is 0 Å². The van der Waals surface area contributed by atoms with Crippen molar-refractivity contribution in [2.75, 3.05) is 26.9 Å². The summed E-state index contributed by atoms with van der Waals surface area (Å²) in [6, 6.07) is 16.2. The third kappa shape index (κ3) is 5.31. The fourth-order valence-electron chi connectivity index (χ4n) is 5.15. The Kier molecular flexibility index (Phi) is 6.97. The second-order valence-electron chi connectivity index (χ2n) is 9.46. The highest BCUT2D eigenvalue weighted by Gasteiger charge is 2.33. The number of carbonyl (C=O) groups excluding carboxylic acids is 1. The number of likely N-dealkylation sites (N-methyl/N-ethyl adjacent to an activating group) is 1. The van der Waals surface area contributed by atoms with Crippen molar-refractivity contribution < 1.29 is 14.3 Å². The van der Waals surface area contributed by atoms with Crippen LogP contribution in [0.3, 0.4) is 0 Å². The number of nitrogens with zero attached hydrogens (tertiary/aromatic N) is 4. The molecule has 0 unspecified atom stereocenters. The number of hydrogen-bond acceptors (Lipinski definition) is 5. The minimum atomic E-state index is -0.0268. The van der Waals surface area contributed by atoms with Crippen molar-refractivity contribution in [3.05, 3.63) is 76.6 Å². The molecule has 0 aliphatic carbocycles. The maximum atomic E-state index is 13.3. The molecular formula is C27H31ClN4O3. The van der Waals surface area contributed by atoms with E-state index in [2.05, 4.69) is 34.3 Å². The molecule has 1 amide bonds. The van der Waals surface area contributed by atoms with Crippen LogP contribution in [0, 0.1) is 5.92 Å². The number of benzene rings is 2. The summed E-state index contributed by atoms with van der Waals surface area (Å²) in [5.74, 6) is 1.84. The lowest BCUT2D eigenvalue weighted by molar-refractivity contribution is 0.0579. The lowest BCUT2D eigenvalue weighted by atomic mass is 9.84. The monoisotopic (exact) mass is 494 g/mol. The summed E-state index contributed by atoms with van der Waals surface area (Å²) in [6.45, 7) is 2.92. The van der Waals surface area contributed by atoms with Gasteiger partial charge < -0.3 is 14.4 Å². The summed E-state index contributed by atoms with van der Waals surface area (Å²) in [5, 5.41) is 5.05. The van der Waals surface area contributed by atoms with Gasteiger partial charge in [-0.05, 0) is 61.5 Å². The molecule has 3 heterocycles. The van der Waals surface area contributed by atoms with E-state index in [4.69, 9.17) is 21.1 Å². The predicted molar refractivity (Wildman–Crippen MR) is 135 cm³/mol. The van der Waals surface area contributed by atoms with E-state index in [9.17, 15) is 4.79 Å². The highest BCUT2D eigenvalue weighted by molar-refractivity contribution is 6.31. The number of hydrogen-bond donors (Lipinski definition) is 0. The number of halogens is 1. The average molecular weight is 495 g/mol. The molecule has 7 nitrogen and oxygen atoms in total. The molecule has 2 aliphatic rings. The van der Waals surface area contributed by atoms with Crippen LogP contribution in [0.5, 0.6) is 11.5 Å². The molecule has 1 fully saturated rings. The minimum Gasteiger partial charge on any atom is -0.454 e. The van der Waals surface area contributed by atoms with Gasteiger partial charge in [0.1, 0.15) is 5.69 Å². The summed E-state index contributed by atoms with van der Waals surface area (Å²) in [5.41, 5.74) is 2.79. The molecule has 184 valence electrons. The highest BCUT2D eigenvalue weighted by atomic mass is 35.5. The molecule has 8 heteroatoms. The average Bonchev–Trinajstić information content (AvgIpc) is 3.51. The third-order valence-corrected chi connectivity index (χ3v) is 7.50. The standard InChI is InChI=1S/C27H31ClN4O3/c1-30-11-10-23(29-30)27(33)31(2)24(14-19-6-4-3-5-7-19)20-8-12-32(13-9-20)17-21-15-25-26(16-22(21)28)35-18-34-25/h3-7,10-11,15-16,20,24H,8-9,12-14,17-18H2,1-2H3/t24-/m0/s1. The molecule has 5 rings (SSSR count). The van der Waals surface area contributed by atoms with Crippen LogP contribution in [0.15, 0.2) is 54.7 Å². The van der Waals surface area contributed by atoms with Crippen LogP contribution in [0.25, 0.3) is 0 Å².